The van der Waals surface area contributed by atoms with Crippen LogP contribution >= 0.6 is 0 Å². The Morgan fingerprint density at radius 1 is 0.900 bits per heavy atom. The predicted molar refractivity (Wildman–Crippen MR) is 203 cm³/mol. The lowest BCUT2D eigenvalue weighted by atomic mass is 9.80. The number of fused-ring (bicyclic) bond motifs is 2. The number of quaternary nitrogens is 2. The van der Waals surface area contributed by atoms with Gasteiger partial charge in [-0.2, -0.15) is 13.0 Å². The van der Waals surface area contributed by atoms with Gasteiger partial charge < -0.3 is 19.0 Å². The summed E-state index contributed by atoms with van der Waals surface area (Å²) in [5.74, 6) is -0.855. The fourth-order valence-electron chi connectivity index (χ4n) is 7.03. The molecule has 0 aromatic heterocycles. The minimum Gasteiger partial charge on any atom is -0.481 e. The minimum absolute atomic E-state index is 0.00271. The lowest BCUT2D eigenvalue weighted by molar-refractivity contribution is -0.876. The van der Waals surface area contributed by atoms with Crippen LogP contribution in [0.2, 0.25) is 0 Å². The summed E-state index contributed by atoms with van der Waals surface area (Å²) >= 11 is 0. The first-order valence-corrected chi connectivity index (χ1v) is 18.9. The average Bonchev–Trinajstić information content (AvgIpc) is 3.31. The van der Waals surface area contributed by atoms with E-state index < -0.39 is 21.5 Å². The molecule has 2 heterocycles. The Bertz CT molecular complexity index is 1870. The van der Waals surface area contributed by atoms with E-state index in [9.17, 15) is 22.9 Å². The number of rotatable bonds is 14. The SMILES string of the molecule is Cc1ccc2c(c1)C(C)(C)C(/C=C/C(=C/C=C1/N(CCC[N+](C)(C)C)c3ccc(S(=O)(=O)O)cc3C1(C)C)CCC(=O)O)=[N+]2CC[N+](C)(C)C. The fraction of sp³-hybridized carbons (Fsp3) is 0.500. The van der Waals surface area contributed by atoms with E-state index in [0.29, 0.717) is 6.42 Å². The monoisotopic (exact) mass is 707 g/mol. The number of carbonyl (C=O) groups is 1. The molecule has 0 aliphatic carbocycles. The van der Waals surface area contributed by atoms with Crippen molar-refractivity contribution in [3.8, 4) is 0 Å². The first-order valence-electron chi connectivity index (χ1n) is 17.5. The molecule has 0 spiro atoms. The van der Waals surface area contributed by atoms with Crippen LogP contribution in [0.5, 0.6) is 0 Å². The van der Waals surface area contributed by atoms with Gasteiger partial charge in [-0.25, -0.2) is 0 Å². The van der Waals surface area contributed by atoms with Gasteiger partial charge in [0.2, 0.25) is 5.69 Å². The molecule has 0 radical (unpaired) electrons. The lowest BCUT2D eigenvalue weighted by Gasteiger charge is -2.29. The van der Waals surface area contributed by atoms with Crippen molar-refractivity contribution in [1.82, 2.24) is 0 Å². The van der Waals surface area contributed by atoms with Gasteiger partial charge in [-0.3, -0.25) is 9.35 Å². The first-order chi connectivity index (χ1) is 22.9. The molecule has 2 N–H and O–H groups in total. The van der Waals surface area contributed by atoms with E-state index in [2.05, 4.69) is 123 Å². The normalized spacial score (nSPS) is 18.4. The smallest absolute Gasteiger partial charge is 0.303 e. The van der Waals surface area contributed by atoms with Crippen LogP contribution in [0, 0.1) is 6.92 Å². The second kappa shape index (κ2) is 14.2. The molecule has 0 saturated carbocycles. The van der Waals surface area contributed by atoms with E-state index in [-0.39, 0.29) is 16.7 Å². The zero-order valence-corrected chi connectivity index (χ0v) is 32.9. The van der Waals surface area contributed by atoms with Gasteiger partial charge in [-0.05, 0) is 68.7 Å². The summed E-state index contributed by atoms with van der Waals surface area (Å²) in [6.45, 7) is 14.2. The number of allylic oxidation sites excluding steroid dienone is 6. The number of likely N-dealkylation sites (N-methyl/N-ethyl adjacent to an activating group) is 1. The van der Waals surface area contributed by atoms with Crippen molar-refractivity contribution in [2.75, 3.05) is 73.4 Å². The molecule has 2 aliphatic rings. The summed E-state index contributed by atoms with van der Waals surface area (Å²) in [5.41, 5.74) is 7.69. The molecule has 0 fully saturated rings. The Labute approximate surface area is 300 Å². The highest BCUT2D eigenvalue weighted by Gasteiger charge is 2.45. The minimum atomic E-state index is -4.38. The Balaban J connectivity index is 1.82. The van der Waals surface area contributed by atoms with Crippen LogP contribution in [0.15, 0.2) is 76.9 Å². The largest absolute Gasteiger partial charge is 0.481 e. The predicted octanol–water partition coefficient (Wildman–Crippen LogP) is 6.45. The van der Waals surface area contributed by atoms with E-state index in [1.54, 1.807) is 12.1 Å². The van der Waals surface area contributed by atoms with E-state index in [1.807, 2.05) is 6.08 Å². The second-order valence-corrected chi connectivity index (χ2v) is 18.4. The van der Waals surface area contributed by atoms with Crippen molar-refractivity contribution in [2.24, 2.45) is 0 Å². The van der Waals surface area contributed by atoms with Crippen molar-refractivity contribution in [3.05, 3.63) is 88.7 Å². The molecular formula is C40H59N4O5S+3. The number of benzene rings is 2. The van der Waals surface area contributed by atoms with E-state index in [4.69, 9.17) is 0 Å². The van der Waals surface area contributed by atoms with E-state index in [1.165, 1.54) is 28.6 Å². The summed E-state index contributed by atoms with van der Waals surface area (Å²) in [6, 6.07) is 11.5. The molecule has 2 aromatic rings. The molecular weight excluding hydrogens is 649 g/mol. The van der Waals surface area contributed by atoms with Crippen molar-refractivity contribution in [1.29, 1.82) is 0 Å². The molecule has 272 valence electrons. The Morgan fingerprint density at radius 2 is 1.56 bits per heavy atom. The molecule has 10 heteroatoms. The molecule has 50 heavy (non-hydrogen) atoms. The summed E-state index contributed by atoms with van der Waals surface area (Å²) < 4.78 is 38.2. The number of nitrogens with zero attached hydrogens (tertiary/aromatic N) is 4. The maximum atomic E-state index is 12.1. The van der Waals surface area contributed by atoms with E-state index >= 15 is 0 Å². The lowest BCUT2D eigenvalue weighted by Crippen LogP contribution is -2.40. The molecule has 0 amide bonds. The van der Waals surface area contributed by atoms with Gasteiger partial charge >= 0.3 is 5.97 Å². The summed E-state index contributed by atoms with van der Waals surface area (Å²) in [7, 11) is 8.70. The second-order valence-electron chi connectivity index (χ2n) is 17.0. The Morgan fingerprint density at radius 3 is 2.16 bits per heavy atom. The summed E-state index contributed by atoms with van der Waals surface area (Å²) in [4.78, 5) is 13.9. The maximum Gasteiger partial charge on any atom is 0.303 e. The number of hydrogen-bond donors (Lipinski definition) is 2. The number of carboxylic acid groups (broad SMARTS) is 1. The number of anilines is 1. The highest BCUT2D eigenvalue weighted by Crippen LogP contribution is 2.48. The molecule has 2 aromatic carbocycles. The van der Waals surface area contributed by atoms with Crippen LogP contribution in [-0.4, -0.2) is 112 Å². The average molecular weight is 708 g/mol. The number of hydrogen-bond acceptors (Lipinski definition) is 4. The van der Waals surface area contributed by atoms with Gasteiger partial charge in [-0.1, -0.05) is 37.6 Å². The zero-order chi connectivity index (χ0) is 37.4. The summed E-state index contributed by atoms with van der Waals surface area (Å²) in [6.07, 6.45) is 9.59. The first kappa shape index (κ1) is 39.2. The highest BCUT2D eigenvalue weighted by atomic mass is 32.2. The Kier molecular flexibility index (Phi) is 11.1. The van der Waals surface area contributed by atoms with Crippen LogP contribution < -0.4 is 4.90 Å². The third-order valence-electron chi connectivity index (χ3n) is 9.95. The number of carboxylic acids is 1. The van der Waals surface area contributed by atoms with Crippen molar-refractivity contribution >= 4 is 33.2 Å². The number of aryl methyl sites for hydroxylation is 1. The molecule has 0 unspecified atom stereocenters. The van der Waals surface area contributed by atoms with Gasteiger partial charge in [0.25, 0.3) is 10.1 Å². The molecule has 4 rings (SSSR count). The highest BCUT2D eigenvalue weighted by molar-refractivity contribution is 7.85. The van der Waals surface area contributed by atoms with E-state index in [0.717, 1.165) is 64.1 Å². The van der Waals surface area contributed by atoms with Gasteiger partial charge in [0.1, 0.15) is 6.54 Å². The van der Waals surface area contributed by atoms with Crippen LogP contribution in [0.25, 0.3) is 0 Å². The van der Waals surface area contributed by atoms with Gasteiger partial charge in [0.05, 0.1) is 59.1 Å². The Hall–Kier alpha value is -3.57. The fourth-order valence-corrected chi connectivity index (χ4v) is 7.54. The van der Waals surface area contributed by atoms with Crippen LogP contribution in [0.4, 0.5) is 11.4 Å². The standard InChI is InChI=1S/C40H57N4O5S/c1-29-13-18-34-32(27-29)39(2,3)37(42(34)24-26-44(9,10)11)21-15-30(16-22-38(45)46)14-20-36-40(4,5)33-28-31(50(47,48)49)17-19-35(33)41(36)23-12-25-43(6,7)8/h13-15,17-21,27-28H,12,16,22-26H2,1-11H3/q+1/p+2. The van der Waals surface area contributed by atoms with Crippen LogP contribution in [-0.2, 0) is 25.7 Å². The quantitative estimate of drug-likeness (QED) is 0.101. The molecule has 9 nitrogen and oxygen atoms in total. The third-order valence-corrected chi connectivity index (χ3v) is 10.8. The zero-order valence-electron chi connectivity index (χ0n) is 32.0. The molecule has 0 bridgehead atoms. The van der Waals surface area contributed by atoms with Crippen LogP contribution in [0.3, 0.4) is 0 Å². The molecule has 0 saturated heterocycles. The van der Waals surface area contributed by atoms with Crippen molar-refractivity contribution < 1.29 is 36.4 Å². The van der Waals surface area contributed by atoms with Crippen LogP contribution in [0.1, 0.15) is 63.6 Å². The number of aliphatic carboxylic acids is 1. The maximum absolute atomic E-state index is 12.1. The topological polar surface area (TPSA) is 97.9 Å². The van der Waals surface area contributed by atoms with Gasteiger partial charge in [0.15, 0.2) is 12.3 Å². The van der Waals surface area contributed by atoms with Crippen molar-refractivity contribution in [2.45, 2.75) is 69.6 Å². The van der Waals surface area contributed by atoms with Gasteiger partial charge in [0, 0.05) is 53.9 Å². The molecule has 0 atom stereocenters. The summed E-state index contributed by atoms with van der Waals surface area (Å²) in [5, 5.41) is 9.67. The van der Waals surface area contributed by atoms with Crippen molar-refractivity contribution in [3.63, 3.8) is 0 Å². The molecule has 2 aliphatic heterocycles. The third kappa shape index (κ3) is 9.01. The van der Waals surface area contributed by atoms with Gasteiger partial charge in [-0.15, -0.1) is 0 Å².